The molecule has 2 fully saturated rings. The van der Waals surface area contributed by atoms with Crippen LogP contribution in [0.15, 0.2) is 0 Å². The number of likely N-dealkylation sites (N-methyl/N-ethyl adjacent to an activating group) is 1. The van der Waals surface area contributed by atoms with Gasteiger partial charge in [0.25, 0.3) is 0 Å². The Morgan fingerprint density at radius 3 is 2.38 bits per heavy atom. The Morgan fingerprint density at radius 1 is 1.31 bits per heavy atom. The summed E-state index contributed by atoms with van der Waals surface area (Å²) in [5.41, 5.74) is -0.568. The highest BCUT2D eigenvalue weighted by Crippen LogP contribution is 2.40. The molecular weight excluding hydrogens is 204 g/mol. The molecule has 92 valence electrons. The van der Waals surface area contributed by atoms with E-state index in [-0.39, 0.29) is 5.92 Å². The number of piperazine rings is 1. The van der Waals surface area contributed by atoms with Crippen molar-refractivity contribution in [3.05, 3.63) is 0 Å². The second kappa shape index (κ2) is 4.34. The molecule has 1 aliphatic heterocycles. The lowest BCUT2D eigenvalue weighted by Gasteiger charge is -2.45. The third-order valence-corrected chi connectivity index (χ3v) is 4.45. The highest BCUT2D eigenvalue weighted by molar-refractivity contribution is 5.79. The van der Waals surface area contributed by atoms with E-state index in [1.54, 1.807) is 0 Å². The van der Waals surface area contributed by atoms with E-state index >= 15 is 0 Å². The molecule has 16 heavy (non-hydrogen) atoms. The van der Waals surface area contributed by atoms with Crippen LogP contribution in [-0.2, 0) is 4.79 Å². The summed E-state index contributed by atoms with van der Waals surface area (Å²) in [7, 11) is 2.10. The predicted octanol–water partition coefficient (Wildman–Crippen LogP) is 0.877. The van der Waals surface area contributed by atoms with Gasteiger partial charge < -0.3 is 10.0 Å². The summed E-state index contributed by atoms with van der Waals surface area (Å²) in [6, 6.07) is 0. The van der Waals surface area contributed by atoms with E-state index in [1.807, 2.05) is 0 Å². The lowest BCUT2D eigenvalue weighted by atomic mass is 9.86. The summed E-state index contributed by atoms with van der Waals surface area (Å²) < 4.78 is 0. The van der Waals surface area contributed by atoms with Gasteiger partial charge in [0.2, 0.25) is 0 Å². The number of hydrogen-bond donors (Lipinski definition) is 1. The van der Waals surface area contributed by atoms with Crippen molar-refractivity contribution < 1.29 is 9.90 Å². The van der Waals surface area contributed by atoms with E-state index in [4.69, 9.17) is 0 Å². The van der Waals surface area contributed by atoms with Crippen molar-refractivity contribution in [3.8, 4) is 0 Å². The topological polar surface area (TPSA) is 43.8 Å². The number of aliphatic carboxylic acids is 1. The largest absolute Gasteiger partial charge is 0.480 e. The zero-order chi connectivity index (χ0) is 11.8. The number of rotatable bonds is 2. The molecular formula is C12H22N2O2. The van der Waals surface area contributed by atoms with Gasteiger partial charge in [-0.15, -0.1) is 0 Å². The molecule has 0 aromatic carbocycles. The average Bonchev–Trinajstić information content (AvgIpc) is 2.62. The van der Waals surface area contributed by atoms with Crippen LogP contribution in [0.1, 0.15) is 26.2 Å². The Balaban J connectivity index is 2.17. The molecule has 1 saturated carbocycles. The molecule has 1 aliphatic carbocycles. The minimum Gasteiger partial charge on any atom is -0.480 e. The van der Waals surface area contributed by atoms with E-state index in [9.17, 15) is 9.90 Å². The molecule has 2 atom stereocenters. The van der Waals surface area contributed by atoms with Gasteiger partial charge in [-0.2, -0.15) is 0 Å². The van der Waals surface area contributed by atoms with Crippen LogP contribution < -0.4 is 0 Å². The maximum absolute atomic E-state index is 11.7. The van der Waals surface area contributed by atoms with Gasteiger partial charge in [0.05, 0.1) is 0 Å². The number of carboxylic acids is 1. The fraction of sp³-hybridized carbons (Fsp3) is 0.917. The molecule has 0 bridgehead atoms. The van der Waals surface area contributed by atoms with Gasteiger partial charge in [-0.3, -0.25) is 9.69 Å². The Morgan fingerprint density at radius 2 is 1.94 bits per heavy atom. The monoisotopic (exact) mass is 226 g/mol. The molecule has 2 unspecified atom stereocenters. The van der Waals surface area contributed by atoms with Crippen LogP contribution in [0.2, 0.25) is 0 Å². The van der Waals surface area contributed by atoms with Gasteiger partial charge in [-0.25, -0.2) is 0 Å². The Hall–Kier alpha value is -0.610. The van der Waals surface area contributed by atoms with Crippen LogP contribution in [0.3, 0.4) is 0 Å². The van der Waals surface area contributed by atoms with Crippen molar-refractivity contribution in [1.29, 1.82) is 0 Å². The standard InChI is InChI=1S/C12H22N2O2/c1-10-4-3-5-12(10,11(15)16)14-8-6-13(2)7-9-14/h10H,3-9H2,1-2H3,(H,15,16). The highest BCUT2D eigenvalue weighted by Gasteiger charge is 2.51. The fourth-order valence-electron chi connectivity index (χ4n) is 3.29. The van der Waals surface area contributed by atoms with Crippen molar-refractivity contribution in [2.45, 2.75) is 31.7 Å². The van der Waals surface area contributed by atoms with Gasteiger partial charge in [0.1, 0.15) is 5.54 Å². The summed E-state index contributed by atoms with van der Waals surface area (Å²) in [5, 5.41) is 9.60. The minimum absolute atomic E-state index is 0.286. The van der Waals surface area contributed by atoms with Crippen LogP contribution >= 0.6 is 0 Å². The first kappa shape index (κ1) is 11.9. The molecule has 0 spiro atoms. The molecule has 1 N–H and O–H groups in total. The number of hydrogen-bond acceptors (Lipinski definition) is 3. The quantitative estimate of drug-likeness (QED) is 0.759. The molecule has 1 saturated heterocycles. The van der Waals surface area contributed by atoms with Gasteiger partial charge in [0.15, 0.2) is 0 Å². The molecule has 4 nitrogen and oxygen atoms in total. The van der Waals surface area contributed by atoms with E-state index in [0.717, 1.165) is 45.4 Å². The van der Waals surface area contributed by atoms with Crippen molar-refractivity contribution in [2.75, 3.05) is 33.2 Å². The first-order valence-electron chi connectivity index (χ1n) is 6.24. The van der Waals surface area contributed by atoms with Crippen LogP contribution in [-0.4, -0.2) is 59.6 Å². The SMILES string of the molecule is CC1CCCC1(C(=O)O)N1CCN(C)CC1. The second-order valence-electron chi connectivity index (χ2n) is 5.31. The molecule has 2 rings (SSSR count). The van der Waals surface area contributed by atoms with Crippen LogP contribution in [0.4, 0.5) is 0 Å². The molecule has 0 amide bonds. The fourth-order valence-corrected chi connectivity index (χ4v) is 3.29. The van der Waals surface area contributed by atoms with Crippen LogP contribution in [0, 0.1) is 5.92 Å². The van der Waals surface area contributed by atoms with E-state index < -0.39 is 11.5 Å². The normalized spacial score (nSPS) is 37.8. The molecule has 0 aromatic rings. The first-order valence-corrected chi connectivity index (χ1v) is 6.24. The molecule has 0 aromatic heterocycles. The summed E-state index contributed by atoms with van der Waals surface area (Å²) in [6.45, 7) is 5.86. The van der Waals surface area contributed by atoms with Crippen molar-refractivity contribution in [3.63, 3.8) is 0 Å². The summed E-state index contributed by atoms with van der Waals surface area (Å²) in [6.07, 6.45) is 2.94. The maximum Gasteiger partial charge on any atom is 0.324 e. The van der Waals surface area contributed by atoms with Gasteiger partial charge in [-0.1, -0.05) is 13.3 Å². The number of carbonyl (C=O) groups is 1. The molecule has 4 heteroatoms. The first-order chi connectivity index (χ1) is 7.57. The van der Waals surface area contributed by atoms with Gasteiger partial charge in [-0.05, 0) is 25.8 Å². The summed E-state index contributed by atoms with van der Waals surface area (Å²) in [4.78, 5) is 16.1. The molecule has 0 radical (unpaired) electrons. The Kier molecular flexibility index (Phi) is 3.22. The second-order valence-corrected chi connectivity index (χ2v) is 5.31. The Labute approximate surface area is 97.2 Å². The third-order valence-electron chi connectivity index (χ3n) is 4.45. The lowest BCUT2D eigenvalue weighted by Crippen LogP contribution is -2.61. The van der Waals surface area contributed by atoms with E-state index in [2.05, 4.69) is 23.8 Å². The average molecular weight is 226 g/mol. The zero-order valence-electron chi connectivity index (χ0n) is 10.3. The summed E-state index contributed by atoms with van der Waals surface area (Å²) in [5.74, 6) is -0.324. The third kappa shape index (κ3) is 1.74. The van der Waals surface area contributed by atoms with Crippen molar-refractivity contribution in [1.82, 2.24) is 9.80 Å². The predicted molar refractivity (Wildman–Crippen MR) is 62.5 cm³/mol. The minimum atomic E-state index is -0.609. The van der Waals surface area contributed by atoms with E-state index in [1.165, 1.54) is 0 Å². The smallest absolute Gasteiger partial charge is 0.324 e. The maximum atomic E-state index is 11.7. The number of carboxylic acid groups (broad SMARTS) is 1. The van der Waals surface area contributed by atoms with Gasteiger partial charge >= 0.3 is 5.97 Å². The van der Waals surface area contributed by atoms with E-state index in [0.29, 0.717) is 0 Å². The highest BCUT2D eigenvalue weighted by atomic mass is 16.4. The molecule has 1 heterocycles. The lowest BCUT2D eigenvalue weighted by molar-refractivity contribution is -0.155. The van der Waals surface area contributed by atoms with Crippen LogP contribution in [0.25, 0.3) is 0 Å². The molecule has 2 aliphatic rings. The number of nitrogens with zero attached hydrogens (tertiary/aromatic N) is 2. The summed E-state index contributed by atoms with van der Waals surface area (Å²) >= 11 is 0. The zero-order valence-corrected chi connectivity index (χ0v) is 10.3. The Bertz CT molecular complexity index is 274. The van der Waals surface area contributed by atoms with Crippen molar-refractivity contribution in [2.24, 2.45) is 5.92 Å². The van der Waals surface area contributed by atoms with Crippen molar-refractivity contribution >= 4 is 5.97 Å². The van der Waals surface area contributed by atoms with Crippen LogP contribution in [0.5, 0.6) is 0 Å². The van der Waals surface area contributed by atoms with Gasteiger partial charge in [0, 0.05) is 26.2 Å².